The van der Waals surface area contributed by atoms with E-state index in [1.807, 2.05) is 38.2 Å². The maximum Gasteiger partial charge on any atom is 0.305 e. The maximum absolute atomic E-state index is 11.3. The van der Waals surface area contributed by atoms with Crippen molar-refractivity contribution >= 4 is 36.4 Å². The third-order valence-electron chi connectivity index (χ3n) is 4.50. The number of methoxy groups -OCH3 is 1. The molecule has 11 heteroatoms. The number of carbonyl (C=O) groups excluding carboxylic acids is 5. The van der Waals surface area contributed by atoms with Gasteiger partial charge in [-0.05, 0) is 57.0 Å². The molecule has 1 unspecified atom stereocenters. The van der Waals surface area contributed by atoms with Gasteiger partial charge in [0.25, 0.3) is 0 Å². The first-order valence-corrected chi connectivity index (χ1v) is 13.0. The molecule has 1 aromatic rings. The van der Waals surface area contributed by atoms with E-state index < -0.39 is 0 Å². The number of hydrogen-bond acceptors (Lipinski definition) is 10. The van der Waals surface area contributed by atoms with Crippen LogP contribution in [-0.4, -0.2) is 76.7 Å². The number of esters is 1. The number of anilines is 1. The zero-order valence-electron chi connectivity index (χ0n) is 24.8. The number of benzene rings is 1. The van der Waals surface area contributed by atoms with Crippen LogP contribution in [0, 0.1) is 5.92 Å². The number of rotatable bonds is 14. The predicted octanol–water partition coefficient (Wildman–Crippen LogP) is 2.25. The molecule has 0 fully saturated rings. The quantitative estimate of drug-likeness (QED) is 0.130. The Labute approximate surface area is 234 Å². The van der Waals surface area contributed by atoms with Crippen LogP contribution in [0.15, 0.2) is 24.3 Å². The van der Waals surface area contributed by atoms with Gasteiger partial charge in [-0.25, -0.2) is 0 Å². The van der Waals surface area contributed by atoms with Crippen molar-refractivity contribution in [3.8, 4) is 0 Å². The van der Waals surface area contributed by atoms with Gasteiger partial charge >= 0.3 is 5.97 Å². The Balaban J connectivity index is -0.000000215. The number of carbonyl (C=O) groups is 5. The van der Waals surface area contributed by atoms with E-state index in [1.54, 1.807) is 7.05 Å². The fourth-order valence-corrected chi connectivity index (χ4v) is 2.47. The Morgan fingerprint density at radius 1 is 1.00 bits per heavy atom. The summed E-state index contributed by atoms with van der Waals surface area (Å²) < 4.78 is 4.40. The molecule has 0 heterocycles. The molecule has 0 aliphatic carbocycles. The molecule has 0 aromatic heterocycles. The number of ether oxygens (including phenoxy) is 1. The van der Waals surface area contributed by atoms with E-state index in [-0.39, 0.29) is 31.1 Å². The molecule has 39 heavy (non-hydrogen) atoms. The van der Waals surface area contributed by atoms with Crippen LogP contribution in [0.1, 0.15) is 64.9 Å². The van der Waals surface area contributed by atoms with Crippen LogP contribution in [0.4, 0.5) is 5.69 Å². The molecule has 6 N–H and O–H groups in total. The van der Waals surface area contributed by atoms with E-state index in [2.05, 4.69) is 40.3 Å². The number of amides is 1. The molecule has 226 valence electrons. The molecule has 0 saturated heterocycles. The minimum absolute atomic E-state index is 0.0924. The number of likely N-dealkylation sites (N-methyl/N-ethyl adjacent to an activating group) is 1. The first-order chi connectivity index (χ1) is 18.7. The van der Waals surface area contributed by atoms with Crippen LogP contribution >= 0.6 is 0 Å². The Bertz CT molecular complexity index is 691. The Morgan fingerprint density at radius 2 is 1.56 bits per heavy atom. The number of nitrogens with one attached hydrogen (secondary N) is 3. The van der Waals surface area contributed by atoms with E-state index in [1.165, 1.54) is 14.2 Å². The Morgan fingerprint density at radius 3 is 1.92 bits per heavy atom. The molecule has 0 bridgehead atoms. The third kappa shape index (κ3) is 32.8. The number of aliphatic hydroxyl groups is 1. The van der Waals surface area contributed by atoms with Gasteiger partial charge in [-0.2, -0.15) is 0 Å². The van der Waals surface area contributed by atoms with Crippen molar-refractivity contribution < 1.29 is 33.8 Å². The van der Waals surface area contributed by atoms with Crippen LogP contribution < -0.4 is 21.7 Å². The molecule has 11 nitrogen and oxygen atoms in total. The fraction of sp³-hybridized carbons (Fsp3) is 0.607. The highest BCUT2D eigenvalue weighted by Crippen LogP contribution is 2.07. The lowest BCUT2D eigenvalue weighted by Crippen LogP contribution is -2.43. The minimum atomic E-state index is -0.203. The lowest BCUT2D eigenvalue weighted by atomic mass is 10.0. The number of aldehydes is 3. The predicted molar refractivity (Wildman–Crippen MR) is 156 cm³/mol. The van der Waals surface area contributed by atoms with Gasteiger partial charge in [-0.15, -0.1) is 0 Å². The zero-order valence-corrected chi connectivity index (χ0v) is 24.8. The van der Waals surface area contributed by atoms with Crippen molar-refractivity contribution in [2.24, 2.45) is 11.7 Å². The summed E-state index contributed by atoms with van der Waals surface area (Å²) in [5, 5.41) is 17.1. The normalized spacial score (nSPS) is 9.69. The standard InChI is InChI=1S/C9H18N2O2.C8H11NO.C7H12O3.C3H6O.CH5N/c1-7(2)6-8(10-3)9(13)11-4-5-12;1-9-8-4-2-7(6-10)3-5-8;1-10-7(9)5-3-2-4-6-8;1-2-3-4;1-2/h5,7-8,10H,4,6H2,1-3H3,(H,11,13);2-5,9-10H,6H2,1H3;6H,2-5H2,1H3;3H,2H2,1H3;2H2,1H3. The topological polar surface area (TPSA) is 177 Å². The van der Waals surface area contributed by atoms with Crippen molar-refractivity contribution in [2.45, 2.75) is 71.9 Å². The van der Waals surface area contributed by atoms with E-state index >= 15 is 0 Å². The highest BCUT2D eigenvalue weighted by Gasteiger charge is 2.16. The van der Waals surface area contributed by atoms with Crippen molar-refractivity contribution in [1.29, 1.82) is 0 Å². The van der Waals surface area contributed by atoms with Gasteiger partial charge < -0.3 is 45.9 Å². The molecular weight excluding hydrogens is 504 g/mol. The summed E-state index contributed by atoms with van der Waals surface area (Å²) in [4.78, 5) is 50.8. The largest absolute Gasteiger partial charge is 0.469 e. The van der Waals surface area contributed by atoms with Gasteiger partial charge in [0, 0.05) is 32.0 Å². The van der Waals surface area contributed by atoms with Gasteiger partial charge in [-0.1, -0.05) is 32.9 Å². The van der Waals surface area contributed by atoms with Gasteiger partial charge in [0.1, 0.15) is 18.9 Å². The second-order valence-electron chi connectivity index (χ2n) is 8.05. The summed E-state index contributed by atoms with van der Waals surface area (Å²) in [6.07, 6.45) is 6.31. The molecule has 1 amide bonds. The Hall–Kier alpha value is -3.15. The lowest BCUT2D eigenvalue weighted by molar-refractivity contribution is -0.140. The fourth-order valence-electron chi connectivity index (χ4n) is 2.47. The van der Waals surface area contributed by atoms with E-state index in [4.69, 9.17) is 5.11 Å². The lowest BCUT2D eigenvalue weighted by Gasteiger charge is -2.16. The van der Waals surface area contributed by atoms with Gasteiger partial charge in [-0.3, -0.25) is 9.59 Å². The van der Waals surface area contributed by atoms with Gasteiger partial charge in [0.15, 0.2) is 0 Å². The summed E-state index contributed by atoms with van der Waals surface area (Å²) in [5.41, 5.74) is 6.51. The highest BCUT2D eigenvalue weighted by atomic mass is 16.5. The highest BCUT2D eigenvalue weighted by molar-refractivity contribution is 5.83. The average molecular weight is 557 g/mol. The summed E-state index contributed by atoms with van der Waals surface area (Å²) in [7, 11) is 6.48. The number of hydrogen-bond donors (Lipinski definition) is 5. The number of unbranched alkanes of at least 4 members (excludes halogenated alkanes) is 2. The second-order valence-corrected chi connectivity index (χ2v) is 8.05. The van der Waals surface area contributed by atoms with Crippen LogP contribution in [0.25, 0.3) is 0 Å². The van der Waals surface area contributed by atoms with E-state index in [0.717, 1.165) is 43.1 Å². The monoisotopic (exact) mass is 556 g/mol. The van der Waals surface area contributed by atoms with Crippen molar-refractivity contribution in [2.75, 3.05) is 40.1 Å². The smallest absolute Gasteiger partial charge is 0.305 e. The number of nitrogens with two attached hydrogens (primary N) is 1. The molecule has 0 aliphatic rings. The zero-order chi connectivity index (χ0) is 30.9. The summed E-state index contributed by atoms with van der Waals surface area (Å²) in [5.74, 6) is 0.147. The van der Waals surface area contributed by atoms with E-state index in [0.29, 0.717) is 31.5 Å². The minimum Gasteiger partial charge on any atom is -0.469 e. The summed E-state index contributed by atoms with van der Waals surface area (Å²) in [6.45, 7) is 6.13. The van der Waals surface area contributed by atoms with Crippen LogP contribution in [0.3, 0.4) is 0 Å². The average Bonchev–Trinajstić information content (AvgIpc) is 2.98. The molecule has 0 saturated carbocycles. The maximum atomic E-state index is 11.3. The third-order valence-corrected chi connectivity index (χ3v) is 4.50. The van der Waals surface area contributed by atoms with Crippen molar-refractivity contribution in [3.63, 3.8) is 0 Å². The first-order valence-electron chi connectivity index (χ1n) is 13.0. The van der Waals surface area contributed by atoms with Crippen molar-refractivity contribution in [3.05, 3.63) is 29.8 Å². The second kappa shape index (κ2) is 34.9. The molecule has 1 atom stereocenters. The van der Waals surface area contributed by atoms with Gasteiger partial charge in [0.05, 0.1) is 26.3 Å². The molecule has 1 aromatic carbocycles. The van der Waals surface area contributed by atoms with Gasteiger partial charge in [0.2, 0.25) is 5.91 Å². The Kier molecular flexibility index (Phi) is 38.4. The summed E-state index contributed by atoms with van der Waals surface area (Å²) in [6, 6.07) is 7.47. The number of aliphatic hydroxyl groups excluding tert-OH is 1. The molecule has 0 radical (unpaired) electrons. The molecule has 1 rings (SSSR count). The first kappa shape index (κ1) is 42.9. The molecule has 0 spiro atoms. The van der Waals surface area contributed by atoms with Crippen molar-refractivity contribution in [1.82, 2.24) is 10.6 Å². The van der Waals surface area contributed by atoms with E-state index in [9.17, 15) is 24.0 Å². The SMILES string of the molecule is CCC=O.CN.CNC(CC(C)C)C(=O)NCC=O.CNc1ccc(CO)cc1.COC(=O)CCCCC=O. The van der Waals surface area contributed by atoms with Crippen LogP contribution in [0.5, 0.6) is 0 Å². The molecular formula is C28H52N4O7. The van der Waals surface area contributed by atoms with Crippen LogP contribution in [-0.2, 0) is 35.3 Å². The summed E-state index contributed by atoms with van der Waals surface area (Å²) >= 11 is 0. The molecule has 0 aliphatic heterocycles. The van der Waals surface area contributed by atoms with Crippen LogP contribution in [0.2, 0.25) is 0 Å².